The van der Waals surface area contributed by atoms with Crippen molar-refractivity contribution >= 4 is 21.9 Å². The number of hydrogen-bond donors (Lipinski definition) is 1. The fourth-order valence-corrected chi connectivity index (χ4v) is 2.89. The third-order valence-corrected chi connectivity index (χ3v) is 5.18. The Morgan fingerprint density at radius 3 is 2.22 bits per heavy atom. The summed E-state index contributed by atoms with van der Waals surface area (Å²) in [5.74, 6) is -1.54. The molecule has 0 aliphatic heterocycles. The van der Waals surface area contributed by atoms with Gasteiger partial charge < -0.3 is 9.64 Å². The largest absolute Gasteiger partial charge is 0.452 e. The SMILES string of the molecule is CNS(=O)(=O)c1ccc(C(=O)OCC(=O)N(C)Cc2ccc(F)cc2)cc1. The number of ether oxygens (including phenoxy) is 1. The third kappa shape index (κ3) is 5.60. The second kappa shape index (κ2) is 8.74. The van der Waals surface area contributed by atoms with Gasteiger partial charge in [-0.1, -0.05) is 12.1 Å². The van der Waals surface area contributed by atoms with E-state index in [4.69, 9.17) is 4.74 Å². The summed E-state index contributed by atoms with van der Waals surface area (Å²) in [5, 5.41) is 0. The number of hydrogen-bond acceptors (Lipinski definition) is 5. The number of carbonyl (C=O) groups is 2. The molecule has 0 aliphatic carbocycles. The minimum absolute atomic E-state index is 0.0108. The zero-order chi connectivity index (χ0) is 20.0. The number of esters is 1. The second-order valence-electron chi connectivity index (χ2n) is 5.68. The van der Waals surface area contributed by atoms with Crippen LogP contribution >= 0.6 is 0 Å². The molecule has 0 spiro atoms. The van der Waals surface area contributed by atoms with E-state index < -0.39 is 28.5 Å². The van der Waals surface area contributed by atoms with E-state index in [-0.39, 0.29) is 22.8 Å². The predicted molar refractivity (Wildman–Crippen MR) is 95.8 cm³/mol. The first-order valence-electron chi connectivity index (χ1n) is 7.92. The lowest BCUT2D eigenvalue weighted by atomic mass is 10.2. The maximum absolute atomic E-state index is 12.9. The van der Waals surface area contributed by atoms with E-state index in [1.807, 2.05) is 0 Å². The fourth-order valence-electron chi connectivity index (χ4n) is 2.16. The number of nitrogens with zero attached hydrogens (tertiary/aromatic N) is 1. The molecule has 0 atom stereocenters. The summed E-state index contributed by atoms with van der Waals surface area (Å²) >= 11 is 0. The lowest BCUT2D eigenvalue weighted by Crippen LogP contribution is -2.30. The van der Waals surface area contributed by atoms with Crippen LogP contribution in [-0.2, 0) is 26.1 Å². The van der Waals surface area contributed by atoms with Gasteiger partial charge >= 0.3 is 5.97 Å². The van der Waals surface area contributed by atoms with Crippen molar-refractivity contribution in [3.8, 4) is 0 Å². The molecule has 0 saturated carbocycles. The lowest BCUT2D eigenvalue weighted by Gasteiger charge is -2.17. The van der Waals surface area contributed by atoms with Crippen molar-refractivity contribution in [1.82, 2.24) is 9.62 Å². The number of benzene rings is 2. The van der Waals surface area contributed by atoms with Crippen LogP contribution in [0.25, 0.3) is 0 Å². The summed E-state index contributed by atoms with van der Waals surface area (Å²) in [4.78, 5) is 25.4. The molecule has 2 rings (SSSR count). The van der Waals surface area contributed by atoms with Gasteiger partial charge in [-0.3, -0.25) is 4.79 Å². The van der Waals surface area contributed by atoms with E-state index in [2.05, 4.69) is 4.72 Å². The van der Waals surface area contributed by atoms with E-state index in [9.17, 15) is 22.4 Å². The standard InChI is InChI=1S/C18H19FN2O5S/c1-20-27(24,25)16-9-5-14(6-10-16)18(23)26-12-17(22)21(2)11-13-3-7-15(19)8-4-13/h3-10,20H,11-12H2,1-2H3. The van der Waals surface area contributed by atoms with Gasteiger partial charge in [0.15, 0.2) is 6.61 Å². The Kier molecular flexibility index (Phi) is 6.65. The van der Waals surface area contributed by atoms with E-state index >= 15 is 0 Å². The molecule has 2 aromatic carbocycles. The average molecular weight is 394 g/mol. The van der Waals surface area contributed by atoms with Gasteiger partial charge in [-0.05, 0) is 49.0 Å². The van der Waals surface area contributed by atoms with E-state index in [1.165, 1.54) is 55.4 Å². The summed E-state index contributed by atoms with van der Waals surface area (Å²) < 4.78 is 43.3. The molecule has 7 nitrogen and oxygen atoms in total. The summed E-state index contributed by atoms with van der Waals surface area (Å²) in [6.07, 6.45) is 0. The molecule has 0 aliphatic rings. The lowest BCUT2D eigenvalue weighted by molar-refractivity contribution is -0.133. The molecule has 0 fully saturated rings. The normalized spacial score (nSPS) is 11.1. The van der Waals surface area contributed by atoms with Crippen molar-refractivity contribution in [1.29, 1.82) is 0 Å². The third-order valence-electron chi connectivity index (χ3n) is 3.75. The van der Waals surface area contributed by atoms with Crippen molar-refractivity contribution in [3.63, 3.8) is 0 Å². The van der Waals surface area contributed by atoms with Crippen LogP contribution in [0.3, 0.4) is 0 Å². The minimum Gasteiger partial charge on any atom is -0.452 e. The molecule has 0 bridgehead atoms. The molecular weight excluding hydrogens is 375 g/mol. The molecule has 1 N–H and O–H groups in total. The van der Waals surface area contributed by atoms with Gasteiger partial charge in [0.25, 0.3) is 5.91 Å². The highest BCUT2D eigenvalue weighted by molar-refractivity contribution is 7.89. The highest BCUT2D eigenvalue weighted by Crippen LogP contribution is 2.11. The summed E-state index contributed by atoms with van der Waals surface area (Å²) in [6.45, 7) is -0.222. The van der Waals surface area contributed by atoms with Crippen molar-refractivity contribution < 1.29 is 27.1 Å². The van der Waals surface area contributed by atoms with Crippen LogP contribution < -0.4 is 4.72 Å². The second-order valence-corrected chi connectivity index (χ2v) is 7.57. The van der Waals surface area contributed by atoms with Crippen molar-refractivity contribution in [2.75, 3.05) is 20.7 Å². The number of halogens is 1. The first-order valence-corrected chi connectivity index (χ1v) is 9.40. The number of nitrogens with one attached hydrogen (secondary N) is 1. The molecule has 0 aromatic heterocycles. The number of sulfonamides is 1. The van der Waals surface area contributed by atoms with Crippen molar-refractivity contribution in [2.24, 2.45) is 0 Å². The van der Waals surface area contributed by atoms with E-state index in [0.717, 1.165) is 5.56 Å². The van der Waals surface area contributed by atoms with Gasteiger partial charge in [0.1, 0.15) is 5.82 Å². The van der Waals surface area contributed by atoms with Crippen LogP contribution in [-0.4, -0.2) is 45.9 Å². The monoisotopic (exact) mass is 394 g/mol. The first-order chi connectivity index (χ1) is 12.7. The van der Waals surface area contributed by atoms with Gasteiger partial charge in [0, 0.05) is 13.6 Å². The highest BCUT2D eigenvalue weighted by atomic mass is 32.2. The van der Waals surface area contributed by atoms with Gasteiger partial charge in [-0.15, -0.1) is 0 Å². The summed E-state index contributed by atoms with van der Waals surface area (Å²) in [5.41, 5.74) is 0.860. The van der Waals surface area contributed by atoms with Crippen molar-refractivity contribution in [3.05, 3.63) is 65.5 Å². The van der Waals surface area contributed by atoms with E-state index in [1.54, 1.807) is 12.1 Å². The predicted octanol–water partition coefficient (Wildman–Crippen LogP) is 1.55. The Morgan fingerprint density at radius 2 is 1.67 bits per heavy atom. The smallest absolute Gasteiger partial charge is 0.338 e. The Labute approximate surface area is 156 Å². The van der Waals surface area contributed by atoms with Crippen LogP contribution in [0.1, 0.15) is 15.9 Å². The zero-order valence-corrected chi connectivity index (χ0v) is 15.6. The number of carbonyl (C=O) groups excluding carboxylic acids is 2. The van der Waals surface area contributed by atoms with Crippen LogP contribution in [0.2, 0.25) is 0 Å². The van der Waals surface area contributed by atoms with Gasteiger partial charge in [0.05, 0.1) is 10.5 Å². The Hall–Kier alpha value is -2.78. The molecule has 9 heteroatoms. The molecule has 0 heterocycles. The number of rotatable bonds is 7. The fraction of sp³-hybridized carbons (Fsp3) is 0.222. The Bertz CT molecular complexity index is 912. The molecule has 144 valence electrons. The first kappa shape index (κ1) is 20.5. The van der Waals surface area contributed by atoms with E-state index in [0.29, 0.717) is 0 Å². The van der Waals surface area contributed by atoms with Gasteiger partial charge in [-0.25, -0.2) is 22.3 Å². The maximum atomic E-state index is 12.9. The summed E-state index contributed by atoms with van der Waals surface area (Å²) in [6, 6.07) is 10.9. The highest BCUT2D eigenvalue weighted by Gasteiger charge is 2.16. The molecular formula is C18H19FN2O5S. The maximum Gasteiger partial charge on any atom is 0.338 e. The van der Waals surface area contributed by atoms with Gasteiger partial charge in [0.2, 0.25) is 10.0 Å². The van der Waals surface area contributed by atoms with Crippen LogP contribution in [0.15, 0.2) is 53.4 Å². The quantitative estimate of drug-likeness (QED) is 0.720. The Balaban J connectivity index is 1.90. The van der Waals surface area contributed by atoms with Crippen LogP contribution in [0, 0.1) is 5.82 Å². The average Bonchev–Trinajstić information content (AvgIpc) is 2.67. The summed E-state index contributed by atoms with van der Waals surface area (Å²) in [7, 11) is -0.775. The molecule has 2 aromatic rings. The number of likely N-dealkylation sites (N-methyl/N-ethyl adjacent to an activating group) is 1. The Morgan fingerprint density at radius 1 is 1.07 bits per heavy atom. The topological polar surface area (TPSA) is 92.8 Å². The molecule has 1 amide bonds. The van der Waals surface area contributed by atoms with Crippen LogP contribution in [0.5, 0.6) is 0 Å². The minimum atomic E-state index is -3.60. The van der Waals surface area contributed by atoms with Gasteiger partial charge in [-0.2, -0.15) is 0 Å². The zero-order valence-electron chi connectivity index (χ0n) is 14.8. The number of amides is 1. The molecule has 0 unspecified atom stereocenters. The van der Waals surface area contributed by atoms with Crippen LogP contribution in [0.4, 0.5) is 4.39 Å². The molecule has 0 saturated heterocycles. The molecule has 27 heavy (non-hydrogen) atoms. The molecule has 0 radical (unpaired) electrons. The van der Waals surface area contributed by atoms with Crippen molar-refractivity contribution in [2.45, 2.75) is 11.4 Å².